The first kappa shape index (κ1) is 14.6. The number of halogens is 2. The molecule has 1 amide bonds. The molecule has 1 fully saturated rings. The molecule has 1 aliphatic heterocycles. The van der Waals surface area contributed by atoms with Crippen molar-refractivity contribution in [3.63, 3.8) is 0 Å². The van der Waals surface area contributed by atoms with E-state index in [1.807, 2.05) is 7.05 Å². The van der Waals surface area contributed by atoms with E-state index in [0.29, 0.717) is 21.5 Å². The number of carbonyl (C=O) groups excluding carboxylic acids is 1. The lowest BCUT2D eigenvalue weighted by molar-refractivity contribution is 0.0763. The van der Waals surface area contributed by atoms with Crippen LogP contribution in [0.25, 0.3) is 0 Å². The molecule has 1 saturated heterocycles. The van der Waals surface area contributed by atoms with E-state index in [-0.39, 0.29) is 5.91 Å². The molecule has 0 radical (unpaired) electrons. The number of hydrogen-bond donors (Lipinski definition) is 1. The number of amides is 1. The molecule has 5 heteroatoms. The summed E-state index contributed by atoms with van der Waals surface area (Å²) in [5.74, 6) is 0.549. The first-order valence-electron chi connectivity index (χ1n) is 6.48. The second-order valence-corrected chi connectivity index (χ2v) is 5.91. The highest BCUT2D eigenvalue weighted by Gasteiger charge is 2.19. The van der Waals surface area contributed by atoms with Gasteiger partial charge in [0.05, 0.1) is 0 Å². The monoisotopic (exact) mass is 300 g/mol. The molecular formula is C14H18Cl2N2O. The molecule has 2 rings (SSSR count). The summed E-state index contributed by atoms with van der Waals surface area (Å²) in [4.78, 5) is 14.1. The third-order valence-corrected chi connectivity index (χ3v) is 3.88. The molecule has 1 N–H and O–H groups in total. The second-order valence-electron chi connectivity index (χ2n) is 5.04. The van der Waals surface area contributed by atoms with Gasteiger partial charge in [-0.25, -0.2) is 0 Å². The Morgan fingerprint density at radius 2 is 1.84 bits per heavy atom. The maximum atomic E-state index is 12.3. The first-order chi connectivity index (χ1) is 9.06. The number of hydrogen-bond acceptors (Lipinski definition) is 2. The zero-order chi connectivity index (χ0) is 13.8. The molecule has 0 aliphatic carbocycles. The highest BCUT2D eigenvalue weighted by atomic mass is 35.5. The van der Waals surface area contributed by atoms with Crippen LogP contribution in [0, 0.1) is 5.92 Å². The quantitative estimate of drug-likeness (QED) is 0.930. The Balaban J connectivity index is 2.01. The Kier molecular flexibility index (Phi) is 5.08. The minimum absolute atomic E-state index is 0.0251. The Morgan fingerprint density at radius 3 is 2.42 bits per heavy atom. The Labute approximate surface area is 123 Å². The van der Waals surface area contributed by atoms with Crippen molar-refractivity contribution in [2.75, 3.05) is 26.7 Å². The smallest absolute Gasteiger partial charge is 0.253 e. The van der Waals surface area contributed by atoms with Crippen LogP contribution < -0.4 is 5.32 Å². The van der Waals surface area contributed by atoms with Gasteiger partial charge in [-0.3, -0.25) is 4.79 Å². The summed E-state index contributed by atoms with van der Waals surface area (Å²) in [6, 6.07) is 4.95. The van der Waals surface area contributed by atoms with E-state index in [0.717, 1.165) is 32.5 Å². The van der Waals surface area contributed by atoms with Gasteiger partial charge in [0.25, 0.3) is 5.91 Å². The molecule has 1 heterocycles. The number of benzene rings is 1. The average molecular weight is 301 g/mol. The molecular weight excluding hydrogens is 283 g/mol. The van der Waals surface area contributed by atoms with E-state index < -0.39 is 0 Å². The van der Waals surface area contributed by atoms with Gasteiger partial charge in [0.15, 0.2) is 0 Å². The van der Waals surface area contributed by atoms with Crippen LogP contribution in [0.2, 0.25) is 10.0 Å². The molecule has 1 aromatic carbocycles. The molecule has 0 bridgehead atoms. The van der Waals surface area contributed by atoms with E-state index >= 15 is 0 Å². The summed E-state index contributed by atoms with van der Waals surface area (Å²) in [6.07, 6.45) is 2.24. The summed E-state index contributed by atoms with van der Waals surface area (Å²) in [5.41, 5.74) is 0.550. The van der Waals surface area contributed by atoms with Crippen molar-refractivity contribution in [3.05, 3.63) is 33.8 Å². The second kappa shape index (κ2) is 6.60. The summed E-state index contributed by atoms with van der Waals surface area (Å²) in [5, 5.41) is 4.31. The van der Waals surface area contributed by atoms with Crippen LogP contribution in [-0.2, 0) is 0 Å². The van der Waals surface area contributed by atoms with Crippen molar-refractivity contribution in [1.29, 1.82) is 0 Å². The Hall–Kier alpha value is -0.770. The summed E-state index contributed by atoms with van der Waals surface area (Å²) in [7, 11) is 1.83. The lowest BCUT2D eigenvalue weighted by Crippen LogP contribution is -2.37. The maximum absolute atomic E-state index is 12.3. The topological polar surface area (TPSA) is 32.3 Å². The van der Waals surface area contributed by atoms with E-state index in [1.54, 1.807) is 23.1 Å². The first-order valence-corrected chi connectivity index (χ1v) is 7.24. The molecule has 0 spiro atoms. The average Bonchev–Trinajstić information content (AvgIpc) is 2.37. The van der Waals surface area contributed by atoms with Gasteiger partial charge >= 0.3 is 0 Å². The minimum atomic E-state index is -0.0251. The van der Waals surface area contributed by atoms with E-state index in [2.05, 4.69) is 5.32 Å². The van der Waals surface area contributed by atoms with Crippen LogP contribution in [0.4, 0.5) is 0 Å². The van der Waals surface area contributed by atoms with Gasteiger partial charge in [-0.1, -0.05) is 23.2 Å². The molecule has 3 nitrogen and oxygen atoms in total. The van der Waals surface area contributed by atoms with Gasteiger partial charge in [0.2, 0.25) is 0 Å². The molecule has 0 aromatic heterocycles. The Bertz CT molecular complexity index is 439. The van der Waals surface area contributed by atoms with Gasteiger partial charge in [0.1, 0.15) is 0 Å². The summed E-state index contributed by atoms with van der Waals surface area (Å²) in [6.45, 7) is 2.86. The Morgan fingerprint density at radius 1 is 1.26 bits per heavy atom. The predicted molar refractivity (Wildman–Crippen MR) is 79.0 cm³/mol. The van der Waals surface area contributed by atoms with Crippen molar-refractivity contribution in [3.8, 4) is 0 Å². The third-order valence-electron chi connectivity index (χ3n) is 3.45. The van der Waals surface area contributed by atoms with Crippen LogP contribution >= 0.6 is 23.2 Å². The SMILES string of the molecule is CN(CC1CCNCC1)C(=O)c1cc(Cl)cc(Cl)c1. The van der Waals surface area contributed by atoms with Crippen LogP contribution in [0.3, 0.4) is 0 Å². The molecule has 104 valence electrons. The zero-order valence-electron chi connectivity index (χ0n) is 11.0. The molecule has 1 aromatic rings. The number of nitrogens with zero attached hydrogens (tertiary/aromatic N) is 1. The molecule has 19 heavy (non-hydrogen) atoms. The molecule has 0 saturated carbocycles. The standard InChI is InChI=1S/C14H18Cl2N2O/c1-18(9-10-2-4-17-5-3-10)14(19)11-6-12(15)8-13(16)7-11/h6-8,10,17H,2-5,9H2,1H3. The van der Waals surface area contributed by atoms with Gasteiger partial charge in [0, 0.05) is 29.2 Å². The predicted octanol–water partition coefficient (Wildman–Crippen LogP) is 3.07. The van der Waals surface area contributed by atoms with Gasteiger partial charge < -0.3 is 10.2 Å². The van der Waals surface area contributed by atoms with Gasteiger partial charge in [-0.05, 0) is 50.0 Å². The van der Waals surface area contributed by atoms with Crippen molar-refractivity contribution >= 4 is 29.1 Å². The van der Waals surface area contributed by atoms with E-state index in [9.17, 15) is 4.79 Å². The van der Waals surface area contributed by atoms with Crippen molar-refractivity contribution in [2.24, 2.45) is 5.92 Å². The highest BCUT2D eigenvalue weighted by Crippen LogP contribution is 2.21. The number of carbonyl (C=O) groups is 1. The summed E-state index contributed by atoms with van der Waals surface area (Å²) < 4.78 is 0. The number of piperidine rings is 1. The van der Waals surface area contributed by atoms with Gasteiger partial charge in [-0.2, -0.15) is 0 Å². The van der Waals surface area contributed by atoms with Crippen LogP contribution in [-0.4, -0.2) is 37.5 Å². The van der Waals surface area contributed by atoms with Gasteiger partial charge in [-0.15, -0.1) is 0 Å². The highest BCUT2D eigenvalue weighted by molar-refractivity contribution is 6.35. The zero-order valence-corrected chi connectivity index (χ0v) is 12.5. The number of nitrogens with one attached hydrogen (secondary N) is 1. The molecule has 0 unspecified atom stereocenters. The lowest BCUT2D eigenvalue weighted by Gasteiger charge is -2.27. The molecule has 0 atom stereocenters. The van der Waals surface area contributed by atoms with Crippen molar-refractivity contribution < 1.29 is 4.79 Å². The fraction of sp³-hybridized carbons (Fsp3) is 0.500. The third kappa shape index (κ3) is 4.10. The normalized spacial score (nSPS) is 16.4. The minimum Gasteiger partial charge on any atom is -0.341 e. The van der Waals surface area contributed by atoms with Crippen LogP contribution in [0.5, 0.6) is 0 Å². The molecule has 1 aliphatic rings. The number of rotatable bonds is 3. The lowest BCUT2D eigenvalue weighted by atomic mass is 9.97. The fourth-order valence-electron chi connectivity index (χ4n) is 2.43. The summed E-state index contributed by atoms with van der Waals surface area (Å²) >= 11 is 11.9. The van der Waals surface area contributed by atoms with Crippen LogP contribution in [0.1, 0.15) is 23.2 Å². The largest absolute Gasteiger partial charge is 0.341 e. The van der Waals surface area contributed by atoms with E-state index in [4.69, 9.17) is 23.2 Å². The fourth-order valence-corrected chi connectivity index (χ4v) is 2.96. The maximum Gasteiger partial charge on any atom is 0.253 e. The van der Waals surface area contributed by atoms with Crippen molar-refractivity contribution in [2.45, 2.75) is 12.8 Å². The van der Waals surface area contributed by atoms with Crippen LogP contribution in [0.15, 0.2) is 18.2 Å². The van der Waals surface area contributed by atoms with Crippen molar-refractivity contribution in [1.82, 2.24) is 10.2 Å². The van der Waals surface area contributed by atoms with E-state index in [1.165, 1.54) is 0 Å².